The van der Waals surface area contributed by atoms with Crippen LogP contribution in [0, 0.1) is 6.92 Å². The monoisotopic (exact) mass is 301 g/mol. The van der Waals surface area contributed by atoms with Crippen molar-refractivity contribution in [2.24, 2.45) is 0 Å². The van der Waals surface area contributed by atoms with Crippen LogP contribution in [0.3, 0.4) is 0 Å². The van der Waals surface area contributed by atoms with E-state index in [1.165, 1.54) is 10.3 Å². The Morgan fingerprint density at radius 3 is 2.80 bits per heavy atom. The first-order valence-electron chi connectivity index (χ1n) is 6.54. The van der Waals surface area contributed by atoms with Crippen molar-refractivity contribution < 1.29 is 4.21 Å². The highest BCUT2D eigenvalue weighted by molar-refractivity contribution is 7.85. The van der Waals surface area contributed by atoms with Gasteiger partial charge in [-0.15, -0.1) is 11.3 Å². The van der Waals surface area contributed by atoms with Crippen molar-refractivity contribution in [2.45, 2.75) is 18.7 Å². The number of aryl methyl sites for hydroxylation is 1. The van der Waals surface area contributed by atoms with Gasteiger partial charge in [0.2, 0.25) is 0 Å². The van der Waals surface area contributed by atoms with Crippen LogP contribution in [-0.2, 0) is 10.8 Å². The first kappa shape index (κ1) is 13.5. The highest BCUT2D eigenvalue weighted by Crippen LogP contribution is 2.33. The summed E-state index contributed by atoms with van der Waals surface area (Å²) in [5, 5.41) is 0.947. The van der Waals surface area contributed by atoms with Gasteiger partial charge in [0.1, 0.15) is 5.01 Å². The summed E-state index contributed by atoms with van der Waals surface area (Å²) >= 11 is 1.66. The molecule has 0 saturated heterocycles. The second-order valence-electron chi connectivity index (χ2n) is 4.62. The molecule has 1 heterocycles. The van der Waals surface area contributed by atoms with Crippen molar-refractivity contribution >= 4 is 32.4 Å². The highest BCUT2D eigenvalue weighted by Gasteiger charge is 2.13. The van der Waals surface area contributed by atoms with Gasteiger partial charge in [-0.1, -0.05) is 31.2 Å². The fraction of sp³-hybridized carbons (Fsp3) is 0.188. The predicted octanol–water partition coefficient (Wildman–Crippen LogP) is 4.40. The van der Waals surface area contributed by atoms with E-state index >= 15 is 0 Å². The van der Waals surface area contributed by atoms with Crippen LogP contribution in [0.25, 0.3) is 20.8 Å². The van der Waals surface area contributed by atoms with Crippen molar-refractivity contribution in [2.75, 3.05) is 5.75 Å². The molecule has 0 spiro atoms. The average molecular weight is 301 g/mol. The molecule has 0 aliphatic heterocycles. The van der Waals surface area contributed by atoms with Crippen LogP contribution in [0.15, 0.2) is 47.4 Å². The lowest BCUT2D eigenvalue weighted by molar-refractivity contribution is 0.684. The minimum Gasteiger partial charge on any atom is -0.254 e. The van der Waals surface area contributed by atoms with Gasteiger partial charge in [-0.3, -0.25) is 4.21 Å². The van der Waals surface area contributed by atoms with Crippen molar-refractivity contribution in [3.8, 4) is 10.6 Å². The first-order valence-corrected chi connectivity index (χ1v) is 8.67. The molecule has 2 nitrogen and oxygen atoms in total. The number of fused-ring (bicyclic) bond motifs is 1. The van der Waals surface area contributed by atoms with E-state index < -0.39 is 10.8 Å². The molecule has 102 valence electrons. The molecule has 1 atom stereocenters. The standard InChI is InChI=1S/C16H15NOS2/c1-3-20(18)15-7-5-4-6-12(15)16-17-13-10-11(2)8-9-14(13)19-16/h4-10H,3H2,1-2H3. The molecule has 4 heteroatoms. The molecular formula is C16H15NOS2. The zero-order chi connectivity index (χ0) is 14.1. The zero-order valence-electron chi connectivity index (χ0n) is 11.4. The van der Waals surface area contributed by atoms with E-state index in [4.69, 9.17) is 4.98 Å². The Labute approximate surface area is 124 Å². The Hall–Kier alpha value is -1.52. The van der Waals surface area contributed by atoms with E-state index in [0.29, 0.717) is 5.75 Å². The third-order valence-electron chi connectivity index (χ3n) is 3.17. The Morgan fingerprint density at radius 2 is 2.00 bits per heavy atom. The van der Waals surface area contributed by atoms with Gasteiger partial charge < -0.3 is 0 Å². The number of hydrogen-bond donors (Lipinski definition) is 0. The van der Waals surface area contributed by atoms with Gasteiger partial charge in [-0.2, -0.15) is 0 Å². The summed E-state index contributed by atoms with van der Waals surface area (Å²) in [5.74, 6) is 0.626. The maximum Gasteiger partial charge on any atom is 0.125 e. The molecule has 0 aliphatic rings. The Morgan fingerprint density at radius 1 is 1.20 bits per heavy atom. The van der Waals surface area contributed by atoms with Crippen LogP contribution in [-0.4, -0.2) is 14.9 Å². The van der Waals surface area contributed by atoms with E-state index in [9.17, 15) is 4.21 Å². The summed E-state index contributed by atoms with van der Waals surface area (Å²) in [6.45, 7) is 4.01. The Balaban J connectivity index is 2.18. The quantitative estimate of drug-likeness (QED) is 0.717. The molecule has 0 aliphatic carbocycles. The summed E-state index contributed by atoms with van der Waals surface area (Å²) in [7, 11) is -0.962. The smallest absolute Gasteiger partial charge is 0.125 e. The van der Waals surface area contributed by atoms with Crippen molar-refractivity contribution in [3.05, 3.63) is 48.0 Å². The first-order chi connectivity index (χ1) is 9.69. The number of aromatic nitrogens is 1. The predicted molar refractivity (Wildman–Crippen MR) is 86.7 cm³/mol. The summed E-state index contributed by atoms with van der Waals surface area (Å²) < 4.78 is 13.3. The van der Waals surface area contributed by atoms with Crippen LogP contribution in [0.5, 0.6) is 0 Å². The number of benzene rings is 2. The minimum absolute atomic E-state index is 0.626. The van der Waals surface area contributed by atoms with Crippen LogP contribution in [0.2, 0.25) is 0 Å². The molecule has 20 heavy (non-hydrogen) atoms. The third-order valence-corrected chi connectivity index (χ3v) is 5.61. The van der Waals surface area contributed by atoms with Gasteiger partial charge in [-0.25, -0.2) is 4.98 Å². The molecule has 0 saturated carbocycles. The van der Waals surface area contributed by atoms with Crippen LogP contribution in [0.1, 0.15) is 12.5 Å². The lowest BCUT2D eigenvalue weighted by Gasteiger charge is -2.04. The molecule has 3 rings (SSSR count). The van der Waals surface area contributed by atoms with Gasteiger partial charge in [0.15, 0.2) is 0 Å². The van der Waals surface area contributed by atoms with Crippen LogP contribution >= 0.6 is 11.3 Å². The number of thiazole rings is 1. The second kappa shape index (κ2) is 5.46. The molecule has 0 bridgehead atoms. The van der Waals surface area contributed by atoms with Gasteiger partial charge in [0.25, 0.3) is 0 Å². The summed E-state index contributed by atoms with van der Waals surface area (Å²) in [6.07, 6.45) is 0. The third kappa shape index (κ3) is 2.41. The lowest BCUT2D eigenvalue weighted by Crippen LogP contribution is -1.96. The largest absolute Gasteiger partial charge is 0.254 e. The molecule has 3 aromatic rings. The summed E-state index contributed by atoms with van der Waals surface area (Å²) in [4.78, 5) is 5.59. The lowest BCUT2D eigenvalue weighted by atomic mass is 10.2. The number of rotatable bonds is 3. The molecule has 0 N–H and O–H groups in total. The highest BCUT2D eigenvalue weighted by atomic mass is 32.2. The fourth-order valence-electron chi connectivity index (χ4n) is 2.15. The second-order valence-corrected chi connectivity index (χ2v) is 7.36. The van der Waals surface area contributed by atoms with Crippen molar-refractivity contribution in [1.29, 1.82) is 0 Å². The molecule has 1 unspecified atom stereocenters. The van der Waals surface area contributed by atoms with E-state index in [1.807, 2.05) is 31.2 Å². The summed E-state index contributed by atoms with van der Waals surface area (Å²) in [6, 6.07) is 14.1. The molecular weight excluding hydrogens is 286 g/mol. The number of nitrogens with zero attached hydrogens (tertiary/aromatic N) is 1. The van der Waals surface area contributed by atoms with E-state index in [-0.39, 0.29) is 0 Å². The Bertz CT molecular complexity index is 792. The van der Waals surface area contributed by atoms with E-state index in [2.05, 4.69) is 25.1 Å². The zero-order valence-corrected chi connectivity index (χ0v) is 13.1. The summed E-state index contributed by atoms with van der Waals surface area (Å²) in [5.41, 5.74) is 3.22. The molecule has 0 amide bonds. The molecule has 0 radical (unpaired) electrons. The Kier molecular flexibility index (Phi) is 3.68. The van der Waals surface area contributed by atoms with Crippen LogP contribution in [0.4, 0.5) is 0 Å². The fourth-order valence-corrected chi connectivity index (χ4v) is 4.15. The van der Waals surface area contributed by atoms with E-state index in [1.54, 1.807) is 11.3 Å². The topological polar surface area (TPSA) is 30.0 Å². The molecule has 0 fully saturated rings. The van der Waals surface area contributed by atoms with Gasteiger partial charge in [0.05, 0.1) is 21.0 Å². The van der Waals surface area contributed by atoms with Crippen molar-refractivity contribution in [3.63, 3.8) is 0 Å². The van der Waals surface area contributed by atoms with E-state index in [0.717, 1.165) is 21.0 Å². The maximum atomic E-state index is 12.2. The number of hydrogen-bond acceptors (Lipinski definition) is 3. The molecule has 2 aromatic carbocycles. The SMILES string of the molecule is CCS(=O)c1ccccc1-c1nc2cc(C)ccc2s1. The maximum absolute atomic E-state index is 12.2. The van der Waals surface area contributed by atoms with Crippen LogP contribution < -0.4 is 0 Å². The van der Waals surface area contributed by atoms with Gasteiger partial charge >= 0.3 is 0 Å². The molecule has 1 aromatic heterocycles. The normalized spacial score (nSPS) is 12.7. The average Bonchev–Trinajstić information content (AvgIpc) is 2.89. The van der Waals surface area contributed by atoms with Crippen molar-refractivity contribution in [1.82, 2.24) is 4.98 Å². The van der Waals surface area contributed by atoms with Gasteiger partial charge in [0, 0.05) is 16.2 Å². The minimum atomic E-state index is -0.962. The van der Waals surface area contributed by atoms with Gasteiger partial charge in [-0.05, 0) is 30.7 Å².